The molecule has 1 aromatic carbocycles. The Morgan fingerprint density at radius 3 is 2.81 bits per heavy atom. The number of phenols is 1. The van der Waals surface area contributed by atoms with Crippen LogP contribution in [-0.2, 0) is 6.42 Å². The second-order valence-corrected chi connectivity index (χ2v) is 4.86. The number of fused-ring (bicyclic) bond motifs is 1. The SMILES string of the molecule is CCN(C(C)C)C1CCc2cc(O)ccc21. The van der Waals surface area contributed by atoms with E-state index < -0.39 is 0 Å². The van der Waals surface area contributed by atoms with Gasteiger partial charge in [0.05, 0.1) is 0 Å². The van der Waals surface area contributed by atoms with Crippen LogP contribution in [-0.4, -0.2) is 22.6 Å². The Hall–Kier alpha value is -1.02. The van der Waals surface area contributed by atoms with Gasteiger partial charge in [-0.15, -0.1) is 0 Å². The Kier molecular flexibility index (Phi) is 3.20. The average molecular weight is 219 g/mol. The zero-order chi connectivity index (χ0) is 11.7. The molecule has 1 aliphatic rings. The summed E-state index contributed by atoms with van der Waals surface area (Å²) < 4.78 is 0. The smallest absolute Gasteiger partial charge is 0.115 e. The third kappa shape index (κ3) is 1.94. The van der Waals surface area contributed by atoms with E-state index >= 15 is 0 Å². The van der Waals surface area contributed by atoms with E-state index in [0.29, 0.717) is 17.8 Å². The van der Waals surface area contributed by atoms with E-state index in [1.807, 2.05) is 12.1 Å². The summed E-state index contributed by atoms with van der Waals surface area (Å²) in [5, 5.41) is 9.47. The Morgan fingerprint density at radius 1 is 1.44 bits per heavy atom. The van der Waals surface area contributed by atoms with Crippen molar-refractivity contribution in [1.82, 2.24) is 4.90 Å². The molecule has 0 saturated heterocycles. The third-order valence-corrected chi connectivity index (χ3v) is 3.60. The minimum Gasteiger partial charge on any atom is -0.508 e. The maximum atomic E-state index is 9.47. The monoisotopic (exact) mass is 219 g/mol. The first-order chi connectivity index (χ1) is 7.63. The molecule has 0 radical (unpaired) electrons. The summed E-state index contributed by atoms with van der Waals surface area (Å²) in [6.07, 6.45) is 2.28. The molecule has 0 amide bonds. The van der Waals surface area contributed by atoms with Crippen molar-refractivity contribution in [3.05, 3.63) is 29.3 Å². The highest BCUT2D eigenvalue weighted by molar-refractivity contribution is 5.40. The summed E-state index contributed by atoms with van der Waals surface area (Å²) in [5.41, 5.74) is 2.73. The fourth-order valence-electron chi connectivity index (χ4n) is 2.87. The topological polar surface area (TPSA) is 23.5 Å². The minimum atomic E-state index is 0.395. The maximum Gasteiger partial charge on any atom is 0.115 e. The number of aryl methyl sites for hydroxylation is 1. The van der Waals surface area contributed by atoms with Gasteiger partial charge in [-0.3, -0.25) is 4.90 Å². The molecule has 1 atom stereocenters. The molecule has 2 nitrogen and oxygen atoms in total. The quantitative estimate of drug-likeness (QED) is 0.844. The van der Waals surface area contributed by atoms with Crippen LogP contribution in [0.25, 0.3) is 0 Å². The molecule has 1 aliphatic carbocycles. The molecule has 16 heavy (non-hydrogen) atoms. The van der Waals surface area contributed by atoms with Crippen molar-refractivity contribution < 1.29 is 5.11 Å². The van der Waals surface area contributed by atoms with Gasteiger partial charge in [0.1, 0.15) is 5.75 Å². The molecule has 0 heterocycles. The van der Waals surface area contributed by atoms with Gasteiger partial charge in [0, 0.05) is 12.1 Å². The van der Waals surface area contributed by atoms with Crippen LogP contribution >= 0.6 is 0 Å². The first-order valence-electron chi connectivity index (χ1n) is 6.21. The summed E-state index contributed by atoms with van der Waals surface area (Å²) in [6, 6.07) is 6.94. The van der Waals surface area contributed by atoms with Gasteiger partial charge in [0.2, 0.25) is 0 Å². The van der Waals surface area contributed by atoms with Crippen LogP contribution in [0.1, 0.15) is 44.4 Å². The molecule has 0 aliphatic heterocycles. The zero-order valence-electron chi connectivity index (χ0n) is 10.4. The standard InChI is InChI=1S/C14H21NO/c1-4-15(10(2)3)14-8-5-11-9-12(16)6-7-13(11)14/h6-7,9-10,14,16H,4-5,8H2,1-3H3. The summed E-state index contributed by atoms with van der Waals surface area (Å²) in [6.45, 7) is 7.81. The van der Waals surface area contributed by atoms with E-state index in [1.54, 1.807) is 0 Å². The number of benzene rings is 1. The molecule has 0 aromatic heterocycles. The van der Waals surface area contributed by atoms with E-state index in [1.165, 1.54) is 17.5 Å². The summed E-state index contributed by atoms with van der Waals surface area (Å²) in [5.74, 6) is 0.395. The maximum absolute atomic E-state index is 9.47. The number of aromatic hydroxyl groups is 1. The molecule has 1 aromatic rings. The number of phenolic OH excluding ortho intramolecular Hbond substituents is 1. The average Bonchev–Trinajstić information content (AvgIpc) is 2.62. The van der Waals surface area contributed by atoms with Gasteiger partial charge in [-0.1, -0.05) is 13.0 Å². The molecule has 0 fully saturated rings. The van der Waals surface area contributed by atoms with Gasteiger partial charge in [-0.2, -0.15) is 0 Å². The van der Waals surface area contributed by atoms with E-state index in [-0.39, 0.29) is 0 Å². The summed E-state index contributed by atoms with van der Waals surface area (Å²) >= 11 is 0. The van der Waals surface area contributed by atoms with Crippen LogP contribution in [0.3, 0.4) is 0 Å². The number of hydrogen-bond donors (Lipinski definition) is 1. The van der Waals surface area contributed by atoms with Crippen molar-refractivity contribution in [2.75, 3.05) is 6.54 Å². The van der Waals surface area contributed by atoms with Crippen LogP contribution in [0.15, 0.2) is 18.2 Å². The Bertz CT molecular complexity index is 373. The fraction of sp³-hybridized carbons (Fsp3) is 0.571. The van der Waals surface area contributed by atoms with Gasteiger partial charge in [-0.05, 0) is 56.5 Å². The summed E-state index contributed by atoms with van der Waals surface area (Å²) in [7, 11) is 0. The third-order valence-electron chi connectivity index (χ3n) is 3.60. The first-order valence-corrected chi connectivity index (χ1v) is 6.21. The Labute approximate surface area is 97.9 Å². The van der Waals surface area contributed by atoms with Gasteiger partial charge in [0.15, 0.2) is 0 Å². The lowest BCUT2D eigenvalue weighted by molar-refractivity contribution is 0.162. The second-order valence-electron chi connectivity index (χ2n) is 4.86. The van der Waals surface area contributed by atoms with Gasteiger partial charge >= 0.3 is 0 Å². The molecule has 0 bridgehead atoms. The second kappa shape index (κ2) is 4.46. The number of nitrogens with zero attached hydrogens (tertiary/aromatic N) is 1. The molecule has 0 spiro atoms. The highest BCUT2D eigenvalue weighted by Crippen LogP contribution is 2.37. The van der Waals surface area contributed by atoms with Crippen LogP contribution < -0.4 is 0 Å². The zero-order valence-corrected chi connectivity index (χ0v) is 10.4. The highest BCUT2D eigenvalue weighted by atomic mass is 16.3. The highest BCUT2D eigenvalue weighted by Gasteiger charge is 2.28. The van der Waals surface area contributed by atoms with Crippen LogP contribution in [0.5, 0.6) is 5.75 Å². The van der Waals surface area contributed by atoms with Crippen molar-refractivity contribution in [2.45, 2.75) is 45.7 Å². The lowest BCUT2D eigenvalue weighted by Gasteiger charge is -2.32. The molecule has 2 heteroatoms. The van der Waals surface area contributed by atoms with Crippen molar-refractivity contribution in [3.63, 3.8) is 0 Å². The van der Waals surface area contributed by atoms with Crippen molar-refractivity contribution >= 4 is 0 Å². The number of hydrogen-bond acceptors (Lipinski definition) is 2. The van der Waals surface area contributed by atoms with Crippen molar-refractivity contribution in [2.24, 2.45) is 0 Å². The van der Waals surface area contributed by atoms with Crippen LogP contribution in [0, 0.1) is 0 Å². The first kappa shape index (κ1) is 11.5. The van der Waals surface area contributed by atoms with Crippen LogP contribution in [0.4, 0.5) is 0 Å². The molecule has 0 saturated carbocycles. The van der Waals surface area contributed by atoms with Crippen LogP contribution in [0.2, 0.25) is 0 Å². The Balaban J connectivity index is 2.29. The predicted octanol–water partition coefficient (Wildman–Crippen LogP) is 3.11. The van der Waals surface area contributed by atoms with E-state index in [0.717, 1.165) is 13.0 Å². The molecule has 2 rings (SSSR count). The van der Waals surface area contributed by atoms with Gasteiger partial charge in [0.25, 0.3) is 0 Å². The normalized spacial score (nSPS) is 19.4. The molecular formula is C14H21NO. The van der Waals surface area contributed by atoms with Crippen molar-refractivity contribution in [1.29, 1.82) is 0 Å². The van der Waals surface area contributed by atoms with Crippen molar-refractivity contribution in [3.8, 4) is 5.75 Å². The lowest BCUT2D eigenvalue weighted by atomic mass is 10.1. The largest absolute Gasteiger partial charge is 0.508 e. The van der Waals surface area contributed by atoms with Gasteiger partial charge in [-0.25, -0.2) is 0 Å². The predicted molar refractivity (Wildman–Crippen MR) is 66.7 cm³/mol. The van der Waals surface area contributed by atoms with E-state index in [9.17, 15) is 5.11 Å². The number of rotatable bonds is 3. The summed E-state index contributed by atoms with van der Waals surface area (Å²) in [4.78, 5) is 2.53. The molecule has 1 N–H and O–H groups in total. The van der Waals surface area contributed by atoms with Gasteiger partial charge < -0.3 is 5.11 Å². The lowest BCUT2D eigenvalue weighted by Crippen LogP contribution is -2.33. The fourth-order valence-corrected chi connectivity index (χ4v) is 2.87. The van der Waals surface area contributed by atoms with E-state index in [2.05, 4.69) is 31.7 Å². The molecule has 1 unspecified atom stereocenters. The van der Waals surface area contributed by atoms with E-state index in [4.69, 9.17) is 0 Å². The molecule has 88 valence electrons. The Morgan fingerprint density at radius 2 is 2.19 bits per heavy atom. The molecular weight excluding hydrogens is 198 g/mol. The minimum absolute atomic E-state index is 0.395.